The van der Waals surface area contributed by atoms with Gasteiger partial charge in [0.05, 0.1) is 13.5 Å². The van der Waals surface area contributed by atoms with Crippen molar-refractivity contribution in [2.24, 2.45) is 0 Å². The maximum absolute atomic E-state index is 9.67. The molecular weight excluding hydrogens is 204 g/mol. The summed E-state index contributed by atoms with van der Waals surface area (Å²) in [7, 11) is 1.37. The fraction of sp³-hybridized carbons (Fsp3) is 0.889. The number of hydrogen-bond donors (Lipinski definition) is 3. The maximum Gasteiger partial charge on any atom is 0.191 e. The Labute approximate surface area is 88.4 Å². The van der Waals surface area contributed by atoms with Crippen molar-refractivity contribution in [1.29, 1.82) is 0 Å². The van der Waals surface area contributed by atoms with Gasteiger partial charge in [0.25, 0.3) is 0 Å². The van der Waals surface area contributed by atoms with Crippen LogP contribution in [0.2, 0.25) is 0 Å². The molecule has 1 rings (SSSR count). The molecule has 6 nitrogen and oxygen atoms in total. The molecule has 5 unspecified atom stereocenters. The summed E-state index contributed by atoms with van der Waals surface area (Å²) in [6, 6.07) is 0. The molecule has 0 aromatic rings. The second-order valence-corrected chi connectivity index (χ2v) is 3.28. The fourth-order valence-corrected chi connectivity index (χ4v) is 1.60. The van der Waals surface area contributed by atoms with E-state index in [0.717, 1.165) is 0 Å². The summed E-state index contributed by atoms with van der Waals surface area (Å²) in [6.07, 6.45) is -4.84. The Morgan fingerprint density at radius 1 is 1.33 bits per heavy atom. The quantitative estimate of drug-likeness (QED) is 0.490. The molecule has 0 spiro atoms. The lowest BCUT2D eigenvalue weighted by atomic mass is 9.99. The Kier molecular flexibility index (Phi) is 4.78. The van der Waals surface area contributed by atoms with Crippen LogP contribution in [-0.2, 0) is 14.2 Å². The van der Waals surface area contributed by atoms with E-state index in [2.05, 4.69) is 6.92 Å². The maximum atomic E-state index is 9.67. The van der Waals surface area contributed by atoms with Gasteiger partial charge in [-0.2, -0.15) is 0 Å². The van der Waals surface area contributed by atoms with E-state index in [1.54, 1.807) is 0 Å². The highest BCUT2D eigenvalue weighted by Gasteiger charge is 2.45. The molecule has 15 heavy (non-hydrogen) atoms. The van der Waals surface area contributed by atoms with Crippen molar-refractivity contribution in [3.8, 4) is 0 Å². The number of methoxy groups -OCH3 is 1. The highest BCUT2D eigenvalue weighted by Crippen LogP contribution is 2.23. The van der Waals surface area contributed by atoms with Crippen LogP contribution in [0.3, 0.4) is 0 Å². The zero-order valence-electron chi connectivity index (χ0n) is 8.57. The zero-order valence-corrected chi connectivity index (χ0v) is 8.57. The molecule has 1 aliphatic rings. The lowest BCUT2D eigenvalue weighted by molar-refractivity contribution is -0.302. The summed E-state index contributed by atoms with van der Waals surface area (Å²) >= 11 is 0. The van der Waals surface area contributed by atoms with E-state index in [1.165, 1.54) is 7.11 Å². The van der Waals surface area contributed by atoms with Crippen LogP contribution in [0.1, 0.15) is 0 Å². The highest BCUT2D eigenvalue weighted by atomic mass is 16.7. The fourth-order valence-electron chi connectivity index (χ4n) is 1.60. The number of aliphatic hydroxyl groups excluding tert-OH is 3. The Bertz CT molecular complexity index is 183. The van der Waals surface area contributed by atoms with E-state index >= 15 is 0 Å². The molecule has 0 aromatic heterocycles. The van der Waals surface area contributed by atoms with Crippen LogP contribution in [0.4, 0.5) is 0 Å². The van der Waals surface area contributed by atoms with Gasteiger partial charge in [0.2, 0.25) is 0 Å². The van der Waals surface area contributed by atoms with Gasteiger partial charge in [-0.1, -0.05) is 0 Å². The summed E-state index contributed by atoms with van der Waals surface area (Å²) in [5, 5.41) is 28.3. The lowest BCUT2D eigenvalue weighted by Crippen LogP contribution is -2.59. The molecule has 0 saturated carbocycles. The van der Waals surface area contributed by atoms with Crippen molar-refractivity contribution < 1.29 is 29.5 Å². The first-order valence-corrected chi connectivity index (χ1v) is 4.71. The predicted molar refractivity (Wildman–Crippen MR) is 49.9 cm³/mol. The Hall–Kier alpha value is -0.370. The molecule has 1 fully saturated rings. The minimum absolute atomic E-state index is 0.101. The van der Waals surface area contributed by atoms with Crippen LogP contribution >= 0.6 is 0 Å². The molecule has 0 aliphatic carbocycles. The summed E-state index contributed by atoms with van der Waals surface area (Å²) in [4.78, 5) is 0. The first-order valence-electron chi connectivity index (χ1n) is 4.71. The smallest absolute Gasteiger partial charge is 0.191 e. The van der Waals surface area contributed by atoms with Gasteiger partial charge in [-0.25, -0.2) is 0 Å². The van der Waals surface area contributed by atoms with Crippen LogP contribution in [0.25, 0.3) is 0 Å². The second kappa shape index (κ2) is 5.64. The van der Waals surface area contributed by atoms with E-state index in [1.807, 2.05) is 0 Å². The third-order valence-electron chi connectivity index (χ3n) is 2.37. The van der Waals surface area contributed by atoms with Crippen molar-refractivity contribution in [3.05, 3.63) is 6.92 Å². The molecule has 5 atom stereocenters. The standard InChI is InChI=1S/C9H17O6/c1-3-14-9-7(12)6(11)8(13-2)5(4-10)15-9/h5-12H,1,3-4H2,2H3/q+1. The van der Waals surface area contributed by atoms with E-state index in [9.17, 15) is 10.2 Å². The van der Waals surface area contributed by atoms with Crippen molar-refractivity contribution >= 4 is 0 Å². The zero-order chi connectivity index (χ0) is 11.4. The number of aliphatic hydroxyl groups is 3. The molecule has 1 saturated heterocycles. The van der Waals surface area contributed by atoms with Gasteiger partial charge in [-0.3, -0.25) is 0 Å². The summed E-state index contributed by atoms with van der Waals surface area (Å²) in [5.41, 5.74) is 0. The van der Waals surface area contributed by atoms with Gasteiger partial charge in [-0.05, 0) is 0 Å². The minimum Gasteiger partial charge on any atom is -0.394 e. The molecule has 0 amide bonds. The summed E-state index contributed by atoms with van der Waals surface area (Å²) < 4.78 is 15.1. The van der Waals surface area contributed by atoms with Crippen molar-refractivity contribution in [2.75, 3.05) is 20.3 Å². The van der Waals surface area contributed by atoms with Crippen LogP contribution in [0.15, 0.2) is 0 Å². The lowest BCUT2D eigenvalue weighted by Gasteiger charge is -2.40. The predicted octanol–water partition coefficient (Wildman–Crippen LogP) is -1.71. The van der Waals surface area contributed by atoms with E-state index < -0.39 is 30.7 Å². The SMILES string of the molecule is [CH2+]COC1OC(CO)C(OC)C(O)C1O. The molecule has 0 radical (unpaired) electrons. The molecule has 88 valence electrons. The summed E-state index contributed by atoms with van der Waals surface area (Å²) in [5.74, 6) is 0. The van der Waals surface area contributed by atoms with E-state index in [4.69, 9.17) is 19.3 Å². The number of hydrogen-bond acceptors (Lipinski definition) is 6. The third kappa shape index (κ3) is 2.60. The van der Waals surface area contributed by atoms with Gasteiger partial charge < -0.3 is 29.5 Å². The molecule has 3 N–H and O–H groups in total. The van der Waals surface area contributed by atoms with Gasteiger partial charge in [0, 0.05) is 7.11 Å². The molecule has 0 bridgehead atoms. The molecule has 1 aliphatic heterocycles. The Morgan fingerprint density at radius 3 is 2.47 bits per heavy atom. The Balaban J connectivity index is 2.68. The number of rotatable bonds is 4. The van der Waals surface area contributed by atoms with E-state index in [0.29, 0.717) is 0 Å². The van der Waals surface area contributed by atoms with E-state index in [-0.39, 0.29) is 13.2 Å². The van der Waals surface area contributed by atoms with Gasteiger partial charge >= 0.3 is 0 Å². The van der Waals surface area contributed by atoms with Gasteiger partial charge in [0.15, 0.2) is 12.9 Å². The van der Waals surface area contributed by atoms with Gasteiger partial charge in [0.1, 0.15) is 24.4 Å². The van der Waals surface area contributed by atoms with Crippen LogP contribution in [-0.4, -0.2) is 66.3 Å². The molecule has 0 aromatic carbocycles. The average molecular weight is 221 g/mol. The highest BCUT2D eigenvalue weighted by molar-refractivity contribution is 4.89. The first kappa shape index (κ1) is 12.7. The topological polar surface area (TPSA) is 88.4 Å². The van der Waals surface area contributed by atoms with Crippen LogP contribution < -0.4 is 0 Å². The van der Waals surface area contributed by atoms with Crippen LogP contribution in [0, 0.1) is 6.92 Å². The molecule has 6 heteroatoms. The third-order valence-corrected chi connectivity index (χ3v) is 2.37. The molecule has 1 heterocycles. The van der Waals surface area contributed by atoms with Crippen molar-refractivity contribution in [3.63, 3.8) is 0 Å². The summed E-state index contributed by atoms with van der Waals surface area (Å²) in [6.45, 7) is 3.22. The van der Waals surface area contributed by atoms with Crippen LogP contribution in [0.5, 0.6) is 0 Å². The monoisotopic (exact) mass is 221 g/mol. The normalized spacial score (nSPS) is 41.7. The first-order chi connectivity index (χ1) is 7.15. The largest absolute Gasteiger partial charge is 0.394 e. The molecular formula is C9H17O6+. The van der Waals surface area contributed by atoms with Crippen molar-refractivity contribution in [2.45, 2.75) is 30.7 Å². The minimum atomic E-state index is -1.21. The number of ether oxygens (including phenoxy) is 3. The second-order valence-electron chi connectivity index (χ2n) is 3.28. The average Bonchev–Trinajstić information content (AvgIpc) is 2.24. The Morgan fingerprint density at radius 2 is 2.00 bits per heavy atom. The van der Waals surface area contributed by atoms with Crippen molar-refractivity contribution in [1.82, 2.24) is 0 Å². The van der Waals surface area contributed by atoms with Gasteiger partial charge in [-0.15, -0.1) is 0 Å².